The van der Waals surface area contributed by atoms with Crippen LogP contribution in [0.1, 0.15) is 65.8 Å². The van der Waals surface area contributed by atoms with E-state index in [2.05, 4.69) is 36.9 Å². The molecule has 0 bridgehead atoms. The van der Waals surface area contributed by atoms with Gasteiger partial charge in [-0.15, -0.1) is 6.42 Å². The van der Waals surface area contributed by atoms with E-state index in [9.17, 15) is 4.79 Å². The van der Waals surface area contributed by atoms with Crippen molar-refractivity contribution in [3.05, 3.63) is 58.9 Å². The van der Waals surface area contributed by atoms with E-state index in [1.54, 1.807) is 6.07 Å². The summed E-state index contributed by atoms with van der Waals surface area (Å²) in [5.74, 6) is 4.39. The number of anilines is 1. The number of aryl methyl sites for hydroxylation is 1. The van der Waals surface area contributed by atoms with Crippen molar-refractivity contribution in [2.75, 3.05) is 24.5 Å². The molecule has 2 aromatic heterocycles. The van der Waals surface area contributed by atoms with E-state index < -0.39 is 0 Å². The Bertz CT molecular complexity index is 1210. The van der Waals surface area contributed by atoms with Gasteiger partial charge in [0, 0.05) is 48.6 Å². The van der Waals surface area contributed by atoms with Crippen molar-refractivity contribution in [2.45, 2.75) is 45.6 Å². The summed E-state index contributed by atoms with van der Waals surface area (Å²) in [5, 5.41) is 4.85. The van der Waals surface area contributed by atoms with Crippen LogP contribution in [0.5, 0.6) is 0 Å². The minimum atomic E-state index is -0.0528. The van der Waals surface area contributed by atoms with Gasteiger partial charge in [-0.2, -0.15) is 5.10 Å². The minimum absolute atomic E-state index is 0.0136. The molecule has 32 heavy (non-hydrogen) atoms. The molecule has 0 unspecified atom stereocenters. The standard InChI is InChI=1S/C26H29N5O/c1-4-20-8-7-9-21(14-20)26(32)30-12-6-5-10-23(30)22-15-24-27-25(19(3)17-31(24)28-22)29-13-11-18(2)16-29/h1,7-9,14-15,17-18,23H,5-6,10-13,16H2,2-3H3/t18-,23-/m0/s1. The largest absolute Gasteiger partial charge is 0.356 e. The summed E-state index contributed by atoms with van der Waals surface area (Å²) in [6.07, 6.45) is 11.8. The van der Waals surface area contributed by atoms with Crippen molar-refractivity contribution >= 4 is 17.4 Å². The highest BCUT2D eigenvalue weighted by molar-refractivity contribution is 5.95. The highest BCUT2D eigenvalue weighted by Gasteiger charge is 2.31. The number of piperidine rings is 1. The van der Waals surface area contributed by atoms with Crippen molar-refractivity contribution in [1.82, 2.24) is 19.5 Å². The van der Waals surface area contributed by atoms with Gasteiger partial charge in [-0.3, -0.25) is 4.79 Å². The van der Waals surface area contributed by atoms with E-state index >= 15 is 0 Å². The van der Waals surface area contributed by atoms with E-state index in [-0.39, 0.29) is 11.9 Å². The van der Waals surface area contributed by atoms with Crippen LogP contribution < -0.4 is 4.90 Å². The molecule has 4 heterocycles. The number of hydrogen-bond donors (Lipinski definition) is 0. The van der Waals surface area contributed by atoms with Gasteiger partial charge in [0.25, 0.3) is 5.91 Å². The van der Waals surface area contributed by atoms with E-state index in [0.717, 1.165) is 67.2 Å². The van der Waals surface area contributed by atoms with E-state index in [1.165, 1.54) is 6.42 Å². The second-order valence-electron chi connectivity index (χ2n) is 9.19. The number of carbonyl (C=O) groups is 1. The minimum Gasteiger partial charge on any atom is -0.356 e. The van der Waals surface area contributed by atoms with Gasteiger partial charge in [0.2, 0.25) is 0 Å². The first-order chi connectivity index (χ1) is 15.5. The van der Waals surface area contributed by atoms with Crippen molar-refractivity contribution in [3.8, 4) is 12.3 Å². The molecule has 6 heteroatoms. The molecule has 2 saturated heterocycles. The van der Waals surface area contributed by atoms with Gasteiger partial charge in [-0.1, -0.05) is 18.9 Å². The van der Waals surface area contributed by atoms with Crippen LogP contribution in [0.25, 0.3) is 5.65 Å². The lowest BCUT2D eigenvalue weighted by Gasteiger charge is -2.34. The van der Waals surface area contributed by atoms with Crippen LogP contribution in [-0.4, -0.2) is 45.0 Å². The van der Waals surface area contributed by atoms with Gasteiger partial charge in [0.1, 0.15) is 5.82 Å². The molecule has 1 amide bonds. The summed E-state index contributed by atoms with van der Waals surface area (Å²) in [7, 11) is 0. The fourth-order valence-electron chi connectivity index (χ4n) is 5.02. The molecule has 3 aromatic rings. The molecule has 2 fully saturated rings. The first kappa shape index (κ1) is 20.6. The number of nitrogens with zero attached hydrogens (tertiary/aromatic N) is 5. The van der Waals surface area contributed by atoms with Crippen molar-refractivity contribution < 1.29 is 4.79 Å². The smallest absolute Gasteiger partial charge is 0.254 e. The number of benzene rings is 1. The van der Waals surface area contributed by atoms with Gasteiger partial charge in [-0.05, 0) is 56.7 Å². The Kier molecular flexibility index (Phi) is 5.34. The lowest BCUT2D eigenvalue weighted by molar-refractivity contribution is 0.0605. The predicted octanol–water partition coefficient (Wildman–Crippen LogP) is 4.23. The van der Waals surface area contributed by atoms with Crippen LogP contribution in [0, 0.1) is 25.2 Å². The highest BCUT2D eigenvalue weighted by Crippen LogP contribution is 2.33. The first-order valence-corrected chi connectivity index (χ1v) is 11.5. The number of rotatable bonds is 3. The fourth-order valence-corrected chi connectivity index (χ4v) is 5.02. The fraction of sp³-hybridized carbons (Fsp3) is 0.423. The highest BCUT2D eigenvalue weighted by atomic mass is 16.2. The normalized spacial score (nSPS) is 21.2. The topological polar surface area (TPSA) is 53.7 Å². The van der Waals surface area contributed by atoms with Crippen LogP contribution in [0.15, 0.2) is 36.5 Å². The number of aromatic nitrogens is 3. The number of amides is 1. The van der Waals surface area contributed by atoms with Crippen LogP contribution >= 0.6 is 0 Å². The second kappa shape index (κ2) is 8.31. The maximum absolute atomic E-state index is 13.4. The molecule has 6 nitrogen and oxygen atoms in total. The molecule has 0 aliphatic carbocycles. The zero-order valence-corrected chi connectivity index (χ0v) is 18.8. The van der Waals surface area contributed by atoms with Gasteiger partial charge < -0.3 is 9.80 Å². The third-order valence-corrected chi connectivity index (χ3v) is 6.73. The molecule has 5 rings (SSSR count). The van der Waals surface area contributed by atoms with Gasteiger partial charge in [0.05, 0.1) is 11.7 Å². The Morgan fingerprint density at radius 2 is 2.06 bits per heavy atom. The average molecular weight is 428 g/mol. The summed E-state index contributed by atoms with van der Waals surface area (Å²) in [6.45, 7) is 7.21. The Hall–Kier alpha value is -3.33. The number of hydrogen-bond acceptors (Lipinski definition) is 4. The van der Waals surface area contributed by atoms with Crippen molar-refractivity contribution in [3.63, 3.8) is 0 Å². The number of fused-ring (bicyclic) bond motifs is 1. The Morgan fingerprint density at radius 1 is 1.19 bits per heavy atom. The van der Waals surface area contributed by atoms with Gasteiger partial charge in [-0.25, -0.2) is 9.50 Å². The SMILES string of the molecule is C#Cc1cccc(C(=O)N2CCCC[C@H]2c2cc3nc(N4CC[C@H](C)C4)c(C)cn3n2)c1. The first-order valence-electron chi connectivity index (χ1n) is 11.5. The predicted molar refractivity (Wildman–Crippen MR) is 126 cm³/mol. The average Bonchev–Trinajstić information content (AvgIpc) is 3.43. The molecule has 0 N–H and O–H groups in total. The zero-order chi connectivity index (χ0) is 22.2. The summed E-state index contributed by atoms with van der Waals surface area (Å²) in [4.78, 5) is 22.7. The summed E-state index contributed by atoms with van der Waals surface area (Å²) < 4.78 is 1.86. The third kappa shape index (κ3) is 3.73. The number of terminal acetylenes is 1. The maximum atomic E-state index is 13.4. The molecule has 1 aromatic carbocycles. The second-order valence-corrected chi connectivity index (χ2v) is 9.19. The van der Waals surface area contributed by atoms with Gasteiger partial charge in [0.15, 0.2) is 5.65 Å². The monoisotopic (exact) mass is 427 g/mol. The maximum Gasteiger partial charge on any atom is 0.254 e. The Labute approximate surface area is 189 Å². The summed E-state index contributed by atoms with van der Waals surface area (Å²) in [6, 6.07) is 9.33. The Balaban J connectivity index is 1.47. The van der Waals surface area contributed by atoms with Crippen LogP contribution in [-0.2, 0) is 0 Å². The summed E-state index contributed by atoms with van der Waals surface area (Å²) in [5.41, 5.74) is 4.23. The molecule has 2 aliphatic rings. The van der Waals surface area contributed by atoms with E-state index in [4.69, 9.17) is 16.5 Å². The number of carbonyl (C=O) groups excluding carboxylic acids is 1. The third-order valence-electron chi connectivity index (χ3n) is 6.73. The van der Waals surface area contributed by atoms with E-state index in [0.29, 0.717) is 11.5 Å². The zero-order valence-electron chi connectivity index (χ0n) is 18.8. The van der Waals surface area contributed by atoms with Gasteiger partial charge >= 0.3 is 0 Å². The van der Waals surface area contributed by atoms with Crippen LogP contribution in [0.2, 0.25) is 0 Å². The van der Waals surface area contributed by atoms with E-state index in [1.807, 2.05) is 27.6 Å². The molecule has 164 valence electrons. The lowest BCUT2D eigenvalue weighted by atomic mass is 9.98. The lowest BCUT2D eigenvalue weighted by Crippen LogP contribution is -2.38. The van der Waals surface area contributed by atoms with Crippen molar-refractivity contribution in [1.29, 1.82) is 0 Å². The number of likely N-dealkylation sites (tertiary alicyclic amines) is 1. The molecule has 2 aliphatic heterocycles. The molecule has 0 radical (unpaired) electrons. The summed E-state index contributed by atoms with van der Waals surface area (Å²) >= 11 is 0. The van der Waals surface area contributed by atoms with Crippen LogP contribution in [0.3, 0.4) is 0 Å². The molecule has 0 spiro atoms. The van der Waals surface area contributed by atoms with Crippen molar-refractivity contribution in [2.24, 2.45) is 5.92 Å². The molecule has 0 saturated carbocycles. The molecular weight excluding hydrogens is 398 g/mol. The Morgan fingerprint density at radius 3 is 2.84 bits per heavy atom. The van der Waals surface area contributed by atoms with Crippen LogP contribution in [0.4, 0.5) is 5.82 Å². The molecule has 2 atom stereocenters. The molecular formula is C26H29N5O. The quantitative estimate of drug-likeness (QED) is 0.587.